The van der Waals surface area contributed by atoms with E-state index in [9.17, 15) is 9.59 Å². The molecule has 21 heavy (non-hydrogen) atoms. The summed E-state index contributed by atoms with van der Waals surface area (Å²) in [6.45, 7) is 4.12. The molecule has 9 heteroatoms. The molecule has 1 aromatic heterocycles. The summed E-state index contributed by atoms with van der Waals surface area (Å²) in [6.07, 6.45) is 1.32. The first-order chi connectivity index (χ1) is 10.1. The first kappa shape index (κ1) is 15.7. The zero-order chi connectivity index (χ0) is 15.2. The van der Waals surface area contributed by atoms with Gasteiger partial charge in [-0.15, -0.1) is 5.10 Å². The fraction of sp³-hybridized carbons (Fsp3) is 0.750. The normalized spacial score (nSPS) is 15.3. The summed E-state index contributed by atoms with van der Waals surface area (Å²) in [5, 5.41) is 12.0. The van der Waals surface area contributed by atoms with Crippen molar-refractivity contribution in [1.82, 2.24) is 30.0 Å². The molecule has 0 bridgehead atoms. The summed E-state index contributed by atoms with van der Waals surface area (Å²) in [6, 6.07) is 0. The van der Waals surface area contributed by atoms with Crippen LogP contribution in [0.25, 0.3) is 0 Å². The standard InChI is InChI=1S/C12H20N6O2S/c1-10(19)17-5-7-18(8-6-17)11(20)4-3-9-21-12-13-14-15-16(12)2/h3-9H2,1-2H3. The number of amides is 2. The van der Waals surface area contributed by atoms with Gasteiger partial charge < -0.3 is 9.80 Å². The summed E-state index contributed by atoms with van der Waals surface area (Å²) in [5.41, 5.74) is 0. The Hall–Kier alpha value is -1.64. The van der Waals surface area contributed by atoms with Crippen LogP contribution in [0, 0.1) is 0 Å². The van der Waals surface area contributed by atoms with Crippen molar-refractivity contribution < 1.29 is 9.59 Å². The number of aryl methyl sites for hydroxylation is 1. The Kier molecular flexibility index (Phi) is 5.54. The second-order valence-electron chi connectivity index (χ2n) is 4.92. The molecule has 116 valence electrons. The zero-order valence-electron chi connectivity index (χ0n) is 12.4. The van der Waals surface area contributed by atoms with E-state index in [1.165, 1.54) is 0 Å². The second-order valence-corrected chi connectivity index (χ2v) is 5.99. The number of hydrogen-bond acceptors (Lipinski definition) is 6. The molecule has 0 atom stereocenters. The number of nitrogens with zero attached hydrogens (tertiary/aromatic N) is 6. The molecule has 2 rings (SSSR count). The molecule has 0 saturated carbocycles. The van der Waals surface area contributed by atoms with Crippen molar-refractivity contribution in [2.24, 2.45) is 7.05 Å². The number of carbonyl (C=O) groups is 2. The molecule has 0 N–H and O–H groups in total. The van der Waals surface area contributed by atoms with Crippen molar-refractivity contribution in [2.45, 2.75) is 24.9 Å². The summed E-state index contributed by atoms with van der Waals surface area (Å²) in [5.74, 6) is 1.05. The van der Waals surface area contributed by atoms with Gasteiger partial charge in [-0.1, -0.05) is 11.8 Å². The van der Waals surface area contributed by atoms with Crippen molar-refractivity contribution in [2.75, 3.05) is 31.9 Å². The fourth-order valence-corrected chi connectivity index (χ4v) is 2.95. The van der Waals surface area contributed by atoms with Gasteiger partial charge in [0.05, 0.1) is 0 Å². The molecular formula is C12H20N6O2S. The van der Waals surface area contributed by atoms with Crippen LogP contribution in [-0.2, 0) is 16.6 Å². The average molecular weight is 312 g/mol. The minimum Gasteiger partial charge on any atom is -0.339 e. The van der Waals surface area contributed by atoms with Crippen LogP contribution < -0.4 is 0 Å². The van der Waals surface area contributed by atoms with Crippen LogP contribution in [0.4, 0.5) is 0 Å². The maximum atomic E-state index is 12.1. The van der Waals surface area contributed by atoms with Crippen molar-refractivity contribution in [3.63, 3.8) is 0 Å². The molecule has 0 unspecified atom stereocenters. The summed E-state index contributed by atoms with van der Waals surface area (Å²) >= 11 is 1.55. The smallest absolute Gasteiger partial charge is 0.222 e. The van der Waals surface area contributed by atoms with Gasteiger partial charge in [0.15, 0.2) is 0 Å². The fourth-order valence-electron chi connectivity index (χ4n) is 2.16. The Morgan fingerprint density at radius 1 is 1.19 bits per heavy atom. The van der Waals surface area contributed by atoms with Crippen molar-refractivity contribution in [3.8, 4) is 0 Å². The van der Waals surface area contributed by atoms with E-state index in [2.05, 4.69) is 15.5 Å². The number of hydrogen-bond donors (Lipinski definition) is 0. The molecule has 1 aliphatic heterocycles. The molecule has 2 heterocycles. The molecule has 2 amide bonds. The van der Waals surface area contributed by atoms with Crippen LogP contribution in [0.5, 0.6) is 0 Å². The third-order valence-corrected chi connectivity index (χ3v) is 4.52. The Balaban J connectivity index is 1.64. The molecule has 8 nitrogen and oxygen atoms in total. The molecule has 0 spiro atoms. The van der Waals surface area contributed by atoms with Gasteiger partial charge >= 0.3 is 0 Å². The molecule has 1 aliphatic rings. The van der Waals surface area contributed by atoms with Crippen molar-refractivity contribution in [3.05, 3.63) is 0 Å². The molecular weight excluding hydrogens is 292 g/mol. The lowest BCUT2D eigenvalue weighted by Crippen LogP contribution is -2.50. The third-order valence-electron chi connectivity index (χ3n) is 3.43. The SMILES string of the molecule is CC(=O)N1CCN(C(=O)CCCSc2nnnn2C)CC1. The van der Waals surface area contributed by atoms with Gasteiger partial charge in [0, 0.05) is 52.3 Å². The van der Waals surface area contributed by atoms with Crippen LogP contribution in [0.15, 0.2) is 5.16 Å². The van der Waals surface area contributed by atoms with E-state index in [1.807, 2.05) is 4.90 Å². The molecule has 0 radical (unpaired) electrons. The highest BCUT2D eigenvalue weighted by atomic mass is 32.2. The Bertz CT molecular complexity index is 498. The van der Waals surface area contributed by atoms with E-state index in [-0.39, 0.29) is 11.8 Å². The van der Waals surface area contributed by atoms with E-state index < -0.39 is 0 Å². The van der Waals surface area contributed by atoms with E-state index in [4.69, 9.17) is 0 Å². The lowest BCUT2D eigenvalue weighted by atomic mass is 10.2. The van der Waals surface area contributed by atoms with Gasteiger partial charge in [0.2, 0.25) is 17.0 Å². The van der Waals surface area contributed by atoms with Gasteiger partial charge in [-0.05, 0) is 16.8 Å². The highest BCUT2D eigenvalue weighted by Crippen LogP contribution is 2.15. The van der Waals surface area contributed by atoms with Crippen molar-refractivity contribution >= 4 is 23.6 Å². The number of rotatable bonds is 5. The number of carbonyl (C=O) groups excluding carboxylic acids is 2. The Morgan fingerprint density at radius 2 is 1.86 bits per heavy atom. The number of aromatic nitrogens is 4. The molecule has 1 aromatic rings. The Morgan fingerprint density at radius 3 is 2.43 bits per heavy atom. The van der Waals surface area contributed by atoms with Crippen LogP contribution in [-0.4, -0.2) is 73.8 Å². The van der Waals surface area contributed by atoms with Crippen LogP contribution >= 0.6 is 11.8 Å². The van der Waals surface area contributed by atoms with Gasteiger partial charge in [-0.3, -0.25) is 9.59 Å². The lowest BCUT2D eigenvalue weighted by molar-refractivity contribution is -0.138. The summed E-state index contributed by atoms with van der Waals surface area (Å²) in [7, 11) is 1.79. The average Bonchev–Trinajstić information content (AvgIpc) is 2.89. The largest absolute Gasteiger partial charge is 0.339 e. The highest BCUT2D eigenvalue weighted by molar-refractivity contribution is 7.99. The van der Waals surface area contributed by atoms with E-state index in [0.29, 0.717) is 32.6 Å². The van der Waals surface area contributed by atoms with Crippen molar-refractivity contribution in [1.29, 1.82) is 0 Å². The number of thioether (sulfide) groups is 1. The first-order valence-corrected chi connectivity index (χ1v) is 7.95. The van der Waals surface area contributed by atoms with Crippen LogP contribution in [0.3, 0.4) is 0 Å². The van der Waals surface area contributed by atoms with E-state index >= 15 is 0 Å². The van der Waals surface area contributed by atoms with Gasteiger partial charge in [-0.2, -0.15) is 0 Å². The summed E-state index contributed by atoms with van der Waals surface area (Å²) in [4.78, 5) is 26.9. The summed E-state index contributed by atoms with van der Waals surface area (Å²) < 4.78 is 1.62. The maximum Gasteiger partial charge on any atom is 0.222 e. The van der Waals surface area contributed by atoms with Gasteiger partial charge in [-0.25, -0.2) is 4.68 Å². The van der Waals surface area contributed by atoms with Gasteiger partial charge in [0.25, 0.3) is 0 Å². The quantitative estimate of drug-likeness (QED) is 0.552. The van der Waals surface area contributed by atoms with E-state index in [0.717, 1.165) is 17.3 Å². The Labute approximate surface area is 127 Å². The lowest BCUT2D eigenvalue weighted by Gasteiger charge is -2.34. The van der Waals surface area contributed by atoms with Gasteiger partial charge in [0.1, 0.15) is 0 Å². The maximum absolute atomic E-state index is 12.1. The predicted octanol–water partition coefficient (Wildman–Crippen LogP) is -0.227. The molecule has 1 fully saturated rings. The second kappa shape index (κ2) is 7.39. The minimum absolute atomic E-state index is 0.0794. The third kappa shape index (κ3) is 4.42. The van der Waals surface area contributed by atoms with Crippen LogP contribution in [0.1, 0.15) is 19.8 Å². The topological polar surface area (TPSA) is 84.2 Å². The van der Waals surface area contributed by atoms with E-state index in [1.54, 1.807) is 35.3 Å². The first-order valence-electron chi connectivity index (χ1n) is 6.96. The molecule has 0 aromatic carbocycles. The number of piperazine rings is 1. The van der Waals surface area contributed by atoms with Crippen LogP contribution in [0.2, 0.25) is 0 Å². The predicted molar refractivity (Wildman–Crippen MR) is 77.6 cm³/mol. The highest BCUT2D eigenvalue weighted by Gasteiger charge is 2.21. The minimum atomic E-state index is 0.0794. The number of tetrazole rings is 1. The molecule has 0 aliphatic carbocycles. The zero-order valence-corrected chi connectivity index (χ0v) is 13.2. The molecule has 1 saturated heterocycles. The monoisotopic (exact) mass is 312 g/mol.